The van der Waals surface area contributed by atoms with Crippen molar-refractivity contribution in [2.24, 2.45) is 5.92 Å². The van der Waals surface area contributed by atoms with Gasteiger partial charge in [-0.3, -0.25) is 0 Å². The van der Waals surface area contributed by atoms with E-state index in [0.717, 1.165) is 12.4 Å². The largest absolute Gasteiger partial charge is 0.462 e. The maximum absolute atomic E-state index is 11.5. The Morgan fingerprint density at radius 3 is 2.78 bits per heavy atom. The second-order valence-electron chi connectivity index (χ2n) is 4.83. The first-order chi connectivity index (χ1) is 8.63. The number of rotatable bonds is 3. The van der Waals surface area contributed by atoms with Gasteiger partial charge in [-0.1, -0.05) is 6.92 Å². The van der Waals surface area contributed by atoms with Crippen LogP contribution in [0.25, 0.3) is 0 Å². The molecule has 4 nitrogen and oxygen atoms in total. The Kier molecular flexibility index (Phi) is 3.84. The topological polar surface area (TPSA) is 42.4 Å². The summed E-state index contributed by atoms with van der Waals surface area (Å²) in [6.45, 7) is 7.71. The zero-order valence-electron chi connectivity index (χ0n) is 11.2. The summed E-state index contributed by atoms with van der Waals surface area (Å²) >= 11 is 0. The summed E-state index contributed by atoms with van der Waals surface area (Å²) in [5.41, 5.74) is 0.514. The van der Waals surface area contributed by atoms with E-state index >= 15 is 0 Å². The van der Waals surface area contributed by atoms with E-state index in [1.807, 2.05) is 6.07 Å². The molecular weight excluding hydrogens is 228 g/mol. The first-order valence-electron chi connectivity index (χ1n) is 6.53. The van der Waals surface area contributed by atoms with Crippen LogP contribution in [0.15, 0.2) is 18.3 Å². The van der Waals surface area contributed by atoms with Crippen LogP contribution in [0.2, 0.25) is 0 Å². The van der Waals surface area contributed by atoms with Crippen molar-refractivity contribution in [1.29, 1.82) is 0 Å². The maximum Gasteiger partial charge on any atom is 0.339 e. The van der Waals surface area contributed by atoms with Gasteiger partial charge in [0.15, 0.2) is 0 Å². The van der Waals surface area contributed by atoms with Crippen molar-refractivity contribution < 1.29 is 9.53 Å². The summed E-state index contributed by atoms with van der Waals surface area (Å²) in [6.07, 6.45) is 2.80. The number of aromatic nitrogens is 1. The third kappa shape index (κ3) is 2.47. The van der Waals surface area contributed by atoms with Crippen LogP contribution < -0.4 is 4.90 Å². The van der Waals surface area contributed by atoms with Gasteiger partial charge in [0.05, 0.1) is 12.2 Å². The molecule has 1 aromatic heterocycles. The molecule has 2 unspecified atom stereocenters. The number of anilines is 1. The van der Waals surface area contributed by atoms with E-state index in [2.05, 4.69) is 23.7 Å². The highest BCUT2D eigenvalue weighted by molar-refractivity contribution is 5.89. The Bertz CT molecular complexity index is 416. The zero-order valence-corrected chi connectivity index (χ0v) is 11.2. The van der Waals surface area contributed by atoms with Gasteiger partial charge in [-0.15, -0.1) is 0 Å². The van der Waals surface area contributed by atoms with E-state index < -0.39 is 0 Å². The smallest absolute Gasteiger partial charge is 0.339 e. The molecule has 0 amide bonds. The molecule has 18 heavy (non-hydrogen) atoms. The van der Waals surface area contributed by atoms with E-state index in [1.165, 1.54) is 6.42 Å². The van der Waals surface area contributed by atoms with Crippen LogP contribution in [0, 0.1) is 5.92 Å². The van der Waals surface area contributed by atoms with Crippen LogP contribution in [0.1, 0.15) is 37.6 Å². The molecule has 1 aromatic rings. The number of carbonyl (C=O) groups excluding carboxylic acids is 1. The van der Waals surface area contributed by atoms with Crippen LogP contribution in [0.3, 0.4) is 0 Å². The lowest BCUT2D eigenvalue weighted by molar-refractivity contribution is 0.0526. The van der Waals surface area contributed by atoms with E-state index in [0.29, 0.717) is 24.1 Å². The van der Waals surface area contributed by atoms with Crippen LogP contribution in [-0.2, 0) is 4.74 Å². The number of carbonyl (C=O) groups is 1. The van der Waals surface area contributed by atoms with Crippen LogP contribution >= 0.6 is 0 Å². The predicted molar refractivity (Wildman–Crippen MR) is 70.8 cm³/mol. The molecule has 2 atom stereocenters. The highest BCUT2D eigenvalue weighted by Crippen LogP contribution is 2.27. The van der Waals surface area contributed by atoms with Crippen LogP contribution in [0.5, 0.6) is 0 Å². The molecule has 0 radical (unpaired) electrons. The first kappa shape index (κ1) is 12.9. The summed E-state index contributed by atoms with van der Waals surface area (Å²) in [5.74, 6) is 1.33. The summed E-state index contributed by atoms with van der Waals surface area (Å²) < 4.78 is 4.94. The van der Waals surface area contributed by atoms with Gasteiger partial charge in [0.25, 0.3) is 0 Å². The van der Waals surface area contributed by atoms with Gasteiger partial charge in [-0.05, 0) is 38.3 Å². The number of hydrogen-bond donors (Lipinski definition) is 0. The molecule has 0 bridgehead atoms. The summed E-state index contributed by atoms with van der Waals surface area (Å²) in [7, 11) is 0. The monoisotopic (exact) mass is 248 g/mol. The fourth-order valence-electron chi connectivity index (χ4n) is 2.31. The molecule has 2 rings (SSSR count). The lowest BCUT2D eigenvalue weighted by Crippen LogP contribution is -2.29. The quantitative estimate of drug-likeness (QED) is 0.771. The Morgan fingerprint density at radius 2 is 2.28 bits per heavy atom. The van der Waals surface area contributed by atoms with Crippen molar-refractivity contribution in [3.8, 4) is 0 Å². The average Bonchev–Trinajstić information content (AvgIpc) is 2.71. The average molecular weight is 248 g/mol. The molecule has 1 aliphatic heterocycles. The molecule has 4 heteroatoms. The number of pyridine rings is 1. The van der Waals surface area contributed by atoms with Crippen LogP contribution in [0.4, 0.5) is 5.82 Å². The second kappa shape index (κ2) is 5.38. The molecule has 98 valence electrons. The Balaban J connectivity index is 2.10. The van der Waals surface area contributed by atoms with Crippen molar-refractivity contribution in [1.82, 2.24) is 4.98 Å². The normalized spacial score (nSPS) is 23.2. The molecular formula is C14H20N2O2. The van der Waals surface area contributed by atoms with Gasteiger partial charge in [0.2, 0.25) is 0 Å². The molecule has 0 aliphatic carbocycles. The maximum atomic E-state index is 11.5. The number of nitrogens with zero attached hydrogens (tertiary/aromatic N) is 2. The van der Waals surface area contributed by atoms with Gasteiger partial charge in [0.1, 0.15) is 5.82 Å². The first-order valence-corrected chi connectivity index (χ1v) is 6.53. The number of ether oxygens (including phenoxy) is 1. The van der Waals surface area contributed by atoms with Crippen LogP contribution in [-0.4, -0.2) is 30.1 Å². The molecule has 0 aromatic carbocycles. The minimum atomic E-state index is -0.306. The van der Waals surface area contributed by atoms with Gasteiger partial charge in [-0.2, -0.15) is 0 Å². The van der Waals surface area contributed by atoms with E-state index in [9.17, 15) is 4.79 Å². The zero-order chi connectivity index (χ0) is 13.1. The minimum absolute atomic E-state index is 0.306. The van der Waals surface area contributed by atoms with Gasteiger partial charge in [-0.25, -0.2) is 9.78 Å². The summed E-state index contributed by atoms with van der Waals surface area (Å²) in [5, 5.41) is 0. The van der Waals surface area contributed by atoms with E-state index in [4.69, 9.17) is 4.74 Å². The van der Waals surface area contributed by atoms with Gasteiger partial charge >= 0.3 is 5.97 Å². The second-order valence-corrected chi connectivity index (χ2v) is 4.83. The van der Waals surface area contributed by atoms with Crippen molar-refractivity contribution in [3.63, 3.8) is 0 Å². The lowest BCUT2D eigenvalue weighted by Gasteiger charge is -2.24. The van der Waals surface area contributed by atoms with E-state index in [-0.39, 0.29) is 5.97 Å². The molecule has 1 aliphatic rings. The van der Waals surface area contributed by atoms with Crippen molar-refractivity contribution in [2.75, 3.05) is 18.1 Å². The fourth-order valence-corrected chi connectivity index (χ4v) is 2.31. The van der Waals surface area contributed by atoms with Crippen molar-refractivity contribution >= 4 is 11.8 Å². The molecule has 0 spiro atoms. The van der Waals surface area contributed by atoms with Gasteiger partial charge < -0.3 is 9.64 Å². The standard InChI is InChI=1S/C14H20N2O2/c1-4-18-14(17)12-5-6-13(15-9-12)16-8-7-10(2)11(16)3/h5-6,9-11H,4,7-8H2,1-3H3. The summed E-state index contributed by atoms with van der Waals surface area (Å²) in [6, 6.07) is 4.20. The van der Waals surface area contributed by atoms with Gasteiger partial charge in [0, 0.05) is 18.8 Å². The Hall–Kier alpha value is -1.58. The molecule has 0 N–H and O–H groups in total. The predicted octanol–water partition coefficient (Wildman–Crippen LogP) is 2.49. The van der Waals surface area contributed by atoms with Crippen molar-refractivity contribution in [2.45, 2.75) is 33.2 Å². The number of esters is 1. The number of hydrogen-bond acceptors (Lipinski definition) is 4. The Labute approximate surface area is 108 Å². The Morgan fingerprint density at radius 1 is 1.50 bits per heavy atom. The lowest BCUT2D eigenvalue weighted by atomic mass is 10.1. The highest BCUT2D eigenvalue weighted by Gasteiger charge is 2.28. The molecule has 0 saturated carbocycles. The third-order valence-electron chi connectivity index (χ3n) is 3.69. The molecule has 1 fully saturated rings. The SMILES string of the molecule is CCOC(=O)c1ccc(N2CCC(C)C2C)nc1. The van der Waals surface area contributed by atoms with Crippen molar-refractivity contribution in [3.05, 3.63) is 23.9 Å². The summed E-state index contributed by atoms with van der Waals surface area (Å²) in [4.78, 5) is 18.2. The molecule has 1 saturated heterocycles. The molecule has 2 heterocycles. The highest BCUT2D eigenvalue weighted by atomic mass is 16.5. The fraction of sp³-hybridized carbons (Fsp3) is 0.571. The third-order valence-corrected chi connectivity index (χ3v) is 3.69. The van der Waals surface area contributed by atoms with E-state index in [1.54, 1.807) is 19.2 Å². The minimum Gasteiger partial charge on any atom is -0.462 e.